The van der Waals surface area contributed by atoms with Gasteiger partial charge in [-0.2, -0.15) is 0 Å². The second-order valence-corrected chi connectivity index (χ2v) is 7.16. The predicted molar refractivity (Wildman–Crippen MR) is 112 cm³/mol. The van der Waals surface area contributed by atoms with Crippen molar-refractivity contribution in [2.75, 3.05) is 11.4 Å². The Balaban J connectivity index is 1.46. The van der Waals surface area contributed by atoms with Gasteiger partial charge in [-0.1, -0.05) is 48.5 Å². The molecule has 2 amide bonds. The highest BCUT2D eigenvalue weighted by atomic mass is 16.2. The van der Waals surface area contributed by atoms with Gasteiger partial charge >= 0.3 is 0 Å². The largest absolute Gasteiger partial charge is 0.343 e. The van der Waals surface area contributed by atoms with Crippen molar-refractivity contribution < 1.29 is 9.59 Å². The van der Waals surface area contributed by atoms with Crippen molar-refractivity contribution in [3.8, 4) is 0 Å². The van der Waals surface area contributed by atoms with Crippen LogP contribution in [-0.4, -0.2) is 23.3 Å². The lowest BCUT2D eigenvalue weighted by molar-refractivity contribution is -0.121. The van der Waals surface area contributed by atoms with Crippen LogP contribution in [0.4, 0.5) is 5.69 Å². The van der Waals surface area contributed by atoms with E-state index in [9.17, 15) is 9.59 Å². The Morgan fingerprint density at radius 3 is 2.41 bits per heavy atom. The van der Waals surface area contributed by atoms with Crippen molar-refractivity contribution in [3.63, 3.8) is 0 Å². The first-order chi connectivity index (χ1) is 14.2. The molecule has 4 rings (SSSR count). The lowest BCUT2D eigenvalue weighted by atomic mass is 10.0. The lowest BCUT2D eigenvalue weighted by Gasteiger charge is -2.19. The number of anilines is 1. The van der Waals surface area contributed by atoms with E-state index in [1.54, 1.807) is 11.1 Å². The minimum absolute atomic E-state index is 0.0745. The maximum atomic E-state index is 12.8. The van der Waals surface area contributed by atoms with Crippen LogP contribution >= 0.6 is 0 Å². The molecular weight excluding hydrogens is 362 g/mol. The van der Waals surface area contributed by atoms with Gasteiger partial charge < -0.3 is 10.2 Å². The molecule has 2 heterocycles. The molecule has 2 aromatic carbocycles. The van der Waals surface area contributed by atoms with E-state index in [0.717, 1.165) is 35.5 Å². The van der Waals surface area contributed by atoms with Gasteiger partial charge in [0, 0.05) is 24.8 Å². The molecule has 0 aliphatic carbocycles. The molecule has 0 radical (unpaired) electrons. The molecule has 3 aromatic rings. The molecule has 5 nitrogen and oxygen atoms in total. The van der Waals surface area contributed by atoms with Crippen molar-refractivity contribution >= 4 is 17.5 Å². The Kier molecular flexibility index (Phi) is 5.66. The van der Waals surface area contributed by atoms with E-state index in [4.69, 9.17) is 0 Å². The minimum atomic E-state index is -0.300. The van der Waals surface area contributed by atoms with E-state index in [2.05, 4.69) is 10.3 Å². The SMILES string of the molecule is O=C(Cc1ccc(N2CCCC2=O)cc1)NC(c1ccccc1)c1ccccn1. The summed E-state index contributed by atoms with van der Waals surface area (Å²) in [6.45, 7) is 0.765. The first-order valence-corrected chi connectivity index (χ1v) is 9.85. The van der Waals surface area contributed by atoms with E-state index in [0.29, 0.717) is 6.42 Å². The zero-order valence-electron chi connectivity index (χ0n) is 16.1. The predicted octanol–water partition coefficient (Wildman–Crippen LogP) is 3.66. The van der Waals surface area contributed by atoms with Gasteiger partial charge in [-0.25, -0.2) is 0 Å². The van der Waals surface area contributed by atoms with E-state index in [-0.39, 0.29) is 24.3 Å². The first-order valence-electron chi connectivity index (χ1n) is 9.85. The second-order valence-electron chi connectivity index (χ2n) is 7.16. The van der Waals surface area contributed by atoms with Gasteiger partial charge in [0.05, 0.1) is 18.2 Å². The number of nitrogens with zero attached hydrogens (tertiary/aromatic N) is 2. The van der Waals surface area contributed by atoms with Crippen LogP contribution in [-0.2, 0) is 16.0 Å². The van der Waals surface area contributed by atoms with Crippen molar-refractivity contribution in [3.05, 3.63) is 95.8 Å². The van der Waals surface area contributed by atoms with E-state index in [1.165, 1.54) is 0 Å². The summed E-state index contributed by atoms with van der Waals surface area (Å²) in [5.41, 5.74) is 3.59. The number of hydrogen-bond acceptors (Lipinski definition) is 3. The van der Waals surface area contributed by atoms with Crippen LogP contribution in [0.5, 0.6) is 0 Å². The van der Waals surface area contributed by atoms with E-state index < -0.39 is 0 Å². The Morgan fingerprint density at radius 1 is 1.00 bits per heavy atom. The molecule has 0 spiro atoms. The zero-order chi connectivity index (χ0) is 20.1. The second kappa shape index (κ2) is 8.69. The summed E-state index contributed by atoms with van der Waals surface area (Å²) in [7, 11) is 0. The number of nitrogens with one attached hydrogen (secondary N) is 1. The average molecular weight is 385 g/mol. The molecule has 1 aliphatic heterocycles. The molecule has 1 aromatic heterocycles. The van der Waals surface area contributed by atoms with E-state index in [1.807, 2.05) is 72.8 Å². The zero-order valence-corrected chi connectivity index (χ0v) is 16.1. The number of amides is 2. The quantitative estimate of drug-likeness (QED) is 0.704. The molecule has 0 bridgehead atoms. The van der Waals surface area contributed by atoms with Gasteiger partial charge in [-0.05, 0) is 41.8 Å². The normalized spacial score (nSPS) is 14.6. The third-order valence-electron chi connectivity index (χ3n) is 5.11. The molecule has 1 saturated heterocycles. The van der Waals surface area contributed by atoms with Crippen LogP contribution in [0.1, 0.15) is 35.7 Å². The Labute approximate surface area is 170 Å². The van der Waals surface area contributed by atoms with Gasteiger partial charge in [0.2, 0.25) is 11.8 Å². The molecule has 146 valence electrons. The Hall–Kier alpha value is -3.47. The lowest BCUT2D eigenvalue weighted by Crippen LogP contribution is -2.31. The van der Waals surface area contributed by atoms with Crippen LogP contribution in [0.15, 0.2) is 79.0 Å². The highest BCUT2D eigenvalue weighted by Crippen LogP contribution is 2.23. The molecular formula is C24H23N3O2. The fourth-order valence-electron chi connectivity index (χ4n) is 3.63. The molecule has 1 unspecified atom stereocenters. The highest BCUT2D eigenvalue weighted by Gasteiger charge is 2.22. The van der Waals surface area contributed by atoms with Crippen molar-refractivity contribution in [1.29, 1.82) is 0 Å². The van der Waals surface area contributed by atoms with Gasteiger partial charge in [0.15, 0.2) is 0 Å². The minimum Gasteiger partial charge on any atom is -0.343 e. The van der Waals surface area contributed by atoms with E-state index >= 15 is 0 Å². The number of carbonyl (C=O) groups is 2. The molecule has 1 atom stereocenters. The number of rotatable bonds is 6. The van der Waals surface area contributed by atoms with Crippen LogP contribution in [0, 0.1) is 0 Å². The Bertz CT molecular complexity index is 933. The fraction of sp³-hybridized carbons (Fsp3) is 0.208. The highest BCUT2D eigenvalue weighted by molar-refractivity contribution is 5.95. The maximum Gasteiger partial charge on any atom is 0.227 e. The summed E-state index contributed by atoms with van der Waals surface area (Å²) < 4.78 is 0. The molecule has 29 heavy (non-hydrogen) atoms. The Morgan fingerprint density at radius 2 is 1.76 bits per heavy atom. The van der Waals surface area contributed by atoms with Crippen molar-refractivity contribution in [2.45, 2.75) is 25.3 Å². The van der Waals surface area contributed by atoms with Crippen LogP contribution in [0.3, 0.4) is 0 Å². The topological polar surface area (TPSA) is 62.3 Å². The van der Waals surface area contributed by atoms with Crippen molar-refractivity contribution in [1.82, 2.24) is 10.3 Å². The monoisotopic (exact) mass is 385 g/mol. The molecule has 5 heteroatoms. The smallest absolute Gasteiger partial charge is 0.227 e. The summed E-state index contributed by atoms with van der Waals surface area (Å²) in [6, 6.07) is 22.9. The van der Waals surface area contributed by atoms with Crippen molar-refractivity contribution in [2.24, 2.45) is 0 Å². The van der Waals surface area contributed by atoms with Gasteiger partial charge in [0.1, 0.15) is 0 Å². The third kappa shape index (κ3) is 4.51. The van der Waals surface area contributed by atoms with Crippen LogP contribution in [0.25, 0.3) is 0 Å². The maximum absolute atomic E-state index is 12.8. The third-order valence-corrected chi connectivity index (χ3v) is 5.11. The van der Waals surface area contributed by atoms with Crippen LogP contribution in [0.2, 0.25) is 0 Å². The summed E-state index contributed by atoms with van der Waals surface area (Å²) in [6.07, 6.45) is 3.51. The molecule has 1 N–H and O–H groups in total. The summed E-state index contributed by atoms with van der Waals surface area (Å²) in [5, 5.41) is 3.11. The summed E-state index contributed by atoms with van der Waals surface area (Å²) in [5.74, 6) is 0.0889. The molecule has 1 fully saturated rings. The van der Waals surface area contributed by atoms with Gasteiger partial charge in [-0.3, -0.25) is 14.6 Å². The van der Waals surface area contributed by atoms with Gasteiger partial charge in [-0.15, -0.1) is 0 Å². The molecule has 1 aliphatic rings. The van der Waals surface area contributed by atoms with Gasteiger partial charge in [0.25, 0.3) is 0 Å². The standard InChI is InChI=1S/C24H23N3O2/c28-22(17-18-11-13-20(14-12-18)27-16-6-10-23(27)29)26-24(19-7-2-1-3-8-19)21-9-4-5-15-25-21/h1-5,7-9,11-15,24H,6,10,16-17H2,(H,26,28). The number of hydrogen-bond donors (Lipinski definition) is 1. The fourth-order valence-corrected chi connectivity index (χ4v) is 3.63. The summed E-state index contributed by atoms with van der Waals surface area (Å²) >= 11 is 0. The number of pyridine rings is 1. The first kappa shape index (κ1) is 18.9. The average Bonchev–Trinajstić information content (AvgIpc) is 3.20. The molecule has 0 saturated carbocycles. The number of aromatic nitrogens is 1. The van der Waals surface area contributed by atoms with Crippen LogP contribution < -0.4 is 10.2 Å². The summed E-state index contributed by atoms with van der Waals surface area (Å²) in [4.78, 5) is 30.9. The number of carbonyl (C=O) groups excluding carboxylic acids is 2. The number of benzene rings is 2.